The number of likely N-dealkylation sites (N-methyl/N-ethyl adjacent to an activating group) is 1. The summed E-state index contributed by atoms with van der Waals surface area (Å²) in [6.45, 7) is 9.01. The standard InChI is InChI=1S/C17H24N2O.C2H4/c1-19-10-9-18-11-17(19)15-8-4-7-14(16(15)12-20)13-5-2-3-6-13;1-2/h4,7-8,12-13,17-18H,2-3,5-6,9-11H2,1H3;1-2H2. The van der Waals surface area contributed by atoms with E-state index in [1.165, 1.54) is 36.8 Å². The van der Waals surface area contributed by atoms with Crippen LogP contribution in [0.1, 0.15) is 59.1 Å². The van der Waals surface area contributed by atoms with Gasteiger partial charge in [-0.25, -0.2) is 0 Å². The second kappa shape index (κ2) is 8.25. The molecule has 0 bridgehead atoms. The largest absolute Gasteiger partial charge is 0.314 e. The molecule has 0 aromatic heterocycles. The van der Waals surface area contributed by atoms with E-state index < -0.39 is 0 Å². The first-order valence-electron chi connectivity index (χ1n) is 8.30. The highest BCUT2D eigenvalue weighted by Gasteiger charge is 2.26. The van der Waals surface area contributed by atoms with Crippen molar-refractivity contribution < 1.29 is 4.79 Å². The average Bonchev–Trinajstić information content (AvgIpc) is 3.11. The molecule has 1 aromatic carbocycles. The van der Waals surface area contributed by atoms with Crippen molar-refractivity contribution in [3.63, 3.8) is 0 Å². The van der Waals surface area contributed by atoms with Crippen LogP contribution in [-0.2, 0) is 0 Å². The van der Waals surface area contributed by atoms with Crippen LogP contribution in [0.4, 0.5) is 0 Å². The topological polar surface area (TPSA) is 32.3 Å². The minimum atomic E-state index is 0.324. The van der Waals surface area contributed by atoms with Gasteiger partial charge in [0.1, 0.15) is 0 Å². The number of rotatable bonds is 3. The van der Waals surface area contributed by atoms with Gasteiger partial charge >= 0.3 is 0 Å². The third kappa shape index (κ3) is 3.47. The summed E-state index contributed by atoms with van der Waals surface area (Å²) in [7, 11) is 2.16. The predicted molar refractivity (Wildman–Crippen MR) is 92.5 cm³/mol. The Bertz CT molecular complexity index is 494. The van der Waals surface area contributed by atoms with Gasteiger partial charge in [-0.1, -0.05) is 31.0 Å². The highest BCUT2D eigenvalue weighted by Crippen LogP contribution is 2.37. The Balaban J connectivity index is 0.000000847. The summed E-state index contributed by atoms with van der Waals surface area (Å²) in [6, 6.07) is 6.76. The van der Waals surface area contributed by atoms with Crippen LogP contribution < -0.4 is 5.32 Å². The van der Waals surface area contributed by atoms with Crippen LogP contribution >= 0.6 is 0 Å². The van der Waals surface area contributed by atoms with E-state index in [2.05, 4.69) is 48.6 Å². The maximum Gasteiger partial charge on any atom is 0.150 e. The first kappa shape index (κ1) is 16.9. The predicted octanol–water partition coefficient (Wildman–Crippen LogP) is 3.54. The van der Waals surface area contributed by atoms with Crippen molar-refractivity contribution in [3.05, 3.63) is 48.0 Å². The Hall–Kier alpha value is -1.45. The van der Waals surface area contributed by atoms with Crippen molar-refractivity contribution in [2.24, 2.45) is 0 Å². The van der Waals surface area contributed by atoms with Crippen molar-refractivity contribution in [1.29, 1.82) is 0 Å². The number of piperazine rings is 1. The van der Waals surface area contributed by atoms with Crippen molar-refractivity contribution >= 4 is 6.29 Å². The molecule has 3 nitrogen and oxygen atoms in total. The van der Waals surface area contributed by atoms with Gasteiger partial charge in [0.25, 0.3) is 0 Å². The molecule has 1 unspecified atom stereocenters. The average molecular weight is 300 g/mol. The summed E-state index contributed by atoms with van der Waals surface area (Å²) in [5.41, 5.74) is 3.45. The molecule has 120 valence electrons. The molecule has 1 saturated heterocycles. The Kier molecular flexibility index (Phi) is 6.34. The van der Waals surface area contributed by atoms with Crippen molar-refractivity contribution in [3.8, 4) is 0 Å². The van der Waals surface area contributed by atoms with Crippen LogP contribution in [0, 0.1) is 0 Å². The number of benzene rings is 1. The number of carbonyl (C=O) groups is 1. The van der Waals surface area contributed by atoms with E-state index in [0.717, 1.165) is 31.5 Å². The molecule has 3 rings (SSSR count). The molecule has 1 N–H and O–H groups in total. The summed E-state index contributed by atoms with van der Waals surface area (Å²) in [5.74, 6) is 0.594. The van der Waals surface area contributed by atoms with E-state index in [1.54, 1.807) is 0 Å². The molecular weight excluding hydrogens is 272 g/mol. The molecule has 1 saturated carbocycles. The molecular formula is C19H28N2O. The maximum atomic E-state index is 11.7. The Morgan fingerprint density at radius 1 is 1.23 bits per heavy atom. The third-order valence-electron chi connectivity index (χ3n) is 4.96. The van der Waals surface area contributed by atoms with E-state index >= 15 is 0 Å². The van der Waals surface area contributed by atoms with Crippen LogP contribution in [0.3, 0.4) is 0 Å². The van der Waals surface area contributed by atoms with Crippen molar-refractivity contribution in [2.75, 3.05) is 26.7 Å². The monoisotopic (exact) mass is 300 g/mol. The number of hydrogen-bond donors (Lipinski definition) is 1. The Labute approximate surface area is 134 Å². The molecule has 0 radical (unpaired) electrons. The van der Waals surface area contributed by atoms with E-state index in [9.17, 15) is 4.79 Å². The second-order valence-electron chi connectivity index (χ2n) is 6.15. The Morgan fingerprint density at radius 3 is 2.55 bits per heavy atom. The van der Waals surface area contributed by atoms with Crippen LogP contribution in [0.2, 0.25) is 0 Å². The number of carbonyl (C=O) groups excluding carboxylic acids is 1. The van der Waals surface area contributed by atoms with Gasteiger partial charge in [-0.3, -0.25) is 9.69 Å². The summed E-state index contributed by atoms with van der Waals surface area (Å²) in [5, 5.41) is 3.45. The van der Waals surface area contributed by atoms with Crippen molar-refractivity contribution in [2.45, 2.75) is 37.6 Å². The van der Waals surface area contributed by atoms with Crippen molar-refractivity contribution in [1.82, 2.24) is 10.2 Å². The maximum absolute atomic E-state index is 11.7. The van der Waals surface area contributed by atoms with E-state index in [-0.39, 0.29) is 0 Å². The fourth-order valence-corrected chi connectivity index (χ4v) is 3.77. The molecule has 1 aliphatic heterocycles. The lowest BCUT2D eigenvalue weighted by molar-refractivity contribution is 0.111. The van der Waals surface area contributed by atoms with Crippen LogP contribution in [-0.4, -0.2) is 37.9 Å². The molecule has 0 spiro atoms. The molecule has 0 amide bonds. The first-order valence-corrected chi connectivity index (χ1v) is 8.30. The minimum Gasteiger partial charge on any atom is -0.314 e. The molecule has 1 aliphatic carbocycles. The normalized spacial score (nSPS) is 22.9. The third-order valence-corrected chi connectivity index (χ3v) is 4.96. The van der Waals surface area contributed by atoms with Gasteiger partial charge in [0.05, 0.1) is 0 Å². The smallest absolute Gasteiger partial charge is 0.150 e. The van der Waals surface area contributed by atoms with Crippen LogP contribution in [0.25, 0.3) is 0 Å². The fraction of sp³-hybridized carbons (Fsp3) is 0.526. The number of aldehydes is 1. The zero-order valence-electron chi connectivity index (χ0n) is 13.7. The van der Waals surface area contributed by atoms with Gasteiger partial charge in [-0.2, -0.15) is 0 Å². The van der Waals surface area contributed by atoms with Gasteiger partial charge in [-0.15, -0.1) is 13.2 Å². The molecule has 1 atom stereocenters. The van der Waals surface area contributed by atoms with E-state index in [1.807, 2.05) is 0 Å². The molecule has 22 heavy (non-hydrogen) atoms. The summed E-state index contributed by atoms with van der Waals surface area (Å²) >= 11 is 0. The van der Waals surface area contributed by atoms with E-state index in [0.29, 0.717) is 12.0 Å². The molecule has 1 aromatic rings. The number of nitrogens with one attached hydrogen (secondary N) is 1. The minimum absolute atomic E-state index is 0.324. The summed E-state index contributed by atoms with van der Waals surface area (Å²) < 4.78 is 0. The van der Waals surface area contributed by atoms with Gasteiger partial charge in [-0.05, 0) is 36.9 Å². The van der Waals surface area contributed by atoms with Gasteiger partial charge in [0.15, 0.2) is 6.29 Å². The summed E-state index contributed by atoms with van der Waals surface area (Å²) in [6.07, 6.45) is 6.17. The van der Waals surface area contributed by atoms with Gasteiger partial charge < -0.3 is 5.32 Å². The molecule has 2 aliphatic rings. The second-order valence-corrected chi connectivity index (χ2v) is 6.15. The fourth-order valence-electron chi connectivity index (χ4n) is 3.77. The number of nitrogens with zero attached hydrogens (tertiary/aromatic N) is 1. The lowest BCUT2D eigenvalue weighted by atomic mass is 9.87. The van der Waals surface area contributed by atoms with Crippen LogP contribution in [0.5, 0.6) is 0 Å². The lowest BCUT2D eigenvalue weighted by Crippen LogP contribution is -2.44. The summed E-state index contributed by atoms with van der Waals surface area (Å²) in [4.78, 5) is 14.1. The quantitative estimate of drug-likeness (QED) is 0.684. The highest BCUT2D eigenvalue weighted by atomic mass is 16.1. The lowest BCUT2D eigenvalue weighted by Gasteiger charge is -2.34. The zero-order chi connectivity index (χ0) is 15.9. The van der Waals surface area contributed by atoms with Gasteiger partial charge in [0.2, 0.25) is 0 Å². The molecule has 1 heterocycles. The first-order chi connectivity index (χ1) is 10.8. The molecule has 2 fully saturated rings. The molecule has 3 heteroatoms. The van der Waals surface area contributed by atoms with Gasteiger partial charge in [0, 0.05) is 31.2 Å². The van der Waals surface area contributed by atoms with E-state index in [4.69, 9.17) is 0 Å². The zero-order valence-corrected chi connectivity index (χ0v) is 13.7. The SMILES string of the molecule is C=C.CN1CCNCC1c1cccc(C2CCCC2)c1C=O. The van der Waals surface area contributed by atoms with Crippen LogP contribution in [0.15, 0.2) is 31.4 Å². The highest BCUT2D eigenvalue weighted by molar-refractivity contribution is 5.80. The Morgan fingerprint density at radius 2 is 1.91 bits per heavy atom. The number of hydrogen-bond acceptors (Lipinski definition) is 3.